The van der Waals surface area contributed by atoms with Gasteiger partial charge in [0.1, 0.15) is 0 Å². The van der Waals surface area contributed by atoms with Gasteiger partial charge >= 0.3 is 0 Å². The van der Waals surface area contributed by atoms with Crippen LogP contribution in [0.4, 0.5) is 0 Å². The Morgan fingerprint density at radius 1 is 1.00 bits per heavy atom. The molecule has 3 fully saturated rings. The van der Waals surface area contributed by atoms with E-state index in [2.05, 4.69) is 31.2 Å². The first-order valence-electron chi connectivity index (χ1n) is 8.51. The minimum atomic E-state index is 0.459. The van der Waals surface area contributed by atoms with E-state index in [-0.39, 0.29) is 0 Å². The Kier molecular flexibility index (Phi) is 3.14. The van der Waals surface area contributed by atoms with Crippen LogP contribution in [-0.4, -0.2) is 12.2 Å². The Morgan fingerprint density at radius 3 is 2.55 bits per heavy atom. The highest BCUT2D eigenvalue weighted by Gasteiger charge is 2.51. The SMILES string of the molecule is Cc1ccccc1C1(C2CCC3OC3C2)CCCCC1. The van der Waals surface area contributed by atoms with E-state index in [4.69, 9.17) is 4.74 Å². The molecule has 1 aliphatic heterocycles. The Bertz CT molecular complexity index is 486. The van der Waals surface area contributed by atoms with Crippen LogP contribution in [0.3, 0.4) is 0 Å². The summed E-state index contributed by atoms with van der Waals surface area (Å²) in [5.41, 5.74) is 3.62. The lowest BCUT2D eigenvalue weighted by Gasteiger charge is -2.46. The van der Waals surface area contributed by atoms with Gasteiger partial charge < -0.3 is 4.74 Å². The molecule has 2 saturated carbocycles. The Morgan fingerprint density at radius 2 is 1.80 bits per heavy atom. The lowest BCUT2D eigenvalue weighted by molar-refractivity contribution is 0.155. The van der Waals surface area contributed by atoms with Gasteiger partial charge in [-0.1, -0.05) is 43.5 Å². The van der Waals surface area contributed by atoms with E-state index < -0.39 is 0 Å². The van der Waals surface area contributed by atoms with Gasteiger partial charge in [-0.05, 0) is 61.5 Å². The smallest absolute Gasteiger partial charge is 0.0844 e. The molecule has 1 heterocycles. The van der Waals surface area contributed by atoms with Crippen molar-refractivity contribution in [1.82, 2.24) is 0 Å². The van der Waals surface area contributed by atoms with Gasteiger partial charge in [-0.15, -0.1) is 0 Å². The highest BCUT2D eigenvalue weighted by molar-refractivity contribution is 5.35. The molecule has 0 N–H and O–H groups in total. The molecular weight excluding hydrogens is 244 g/mol. The highest BCUT2D eigenvalue weighted by Crippen LogP contribution is 2.53. The van der Waals surface area contributed by atoms with Gasteiger partial charge in [0.05, 0.1) is 12.2 Å². The quantitative estimate of drug-likeness (QED) is 0.706. The van der Waals surface area contributed by atoms with Crippen molar-refractivity contribution in [3.05, 3.63) is 35.4 Å². The fourth-order valence-electron chi connectivity index (χ4n) is 5.12. The molecule has 3 unspecified atom stereocenters. The number of rotatable bonds is 2. The number of hydrogen-bond acceptors (Lipinski definition) is 1. The topological polar surface area (TPSA) is 12.5 Å². The summed E-state index contributed by atoms with van der Waals surface area (Å²) in [6.07, 6.45) is 12.3. The van der Waals surface area contributed by atoms with Crippen molar-refractivity contribution in [2.75, 3.05) is 0 Å². The minimum Gasteiger partial charge on any atom is -0.370 e. The molecule has 108 valence electrons. The van der Waals surface area contributed by atoms with Gasteiger partial charge in [-0.25, -0.2) is 0 Å². The third kappa shape index (κ3) is 2.02. The zero-order chi connectivity index (χ0) is 13.6. The minimum absolute atomic E-state index is 0.459. The van der Waals surface area contributed by atoms with Crippen LogP contribution >= 0.6 is 0 Å². The molecule has 0 bridgehead atoms. The van der Waals surface area contributed by atoms with Crippen LogP contribution in [0.25, 0.3) is 0 Å². The van der Waals surface area contributed by atoms with Crippen molar-refractivity contribution < 1.29 is 4.74 Å². The van der Waals surface area contributed by atoms with Crippen molar-refractivity contribution in [3.63, 3.8) is 0 Å². The standard InChI is InChI=1S/C19H26O/c1-14-7-3-4-8-16(14)19(11-5-2-6-12-19)15-9-10-17-18(13-15)20-17/h3-4,7-8,15,17-18H,2,5-6,9-13H2,1H3. The maximum absolute atomic E-state index is 5.81. The van der Waals surface area contributed by atoms with E-state index in [1.165, 1.54) is 56.9 Å². The molecule has 1 aromatic rings. The summed E-state index contributed by atoms with van der Waals surface area (Å²) in [5, 5.41) is 0. The first-order chi connectivity index (χ1) is 9.79. The van der Waals surface area contributed by atoms with Gasteiger partial charge in [-0.2, -0.15) is 0 Å². The number of epoxide rings is 1. The molecule has 20 heavy (non-hydrogen) atoms. The number of aryl methyl sites for hydroxylation is 1. The van der Waals surface area contributed by atoms with Crippen molar-refractivity contribution in [1.29, 1.82) is 0 Å². The molecule has 4 rings (SSSR count). The van der Waals surface area contributed by atoms with Crippen LogP contribution in [0.2, 0.25) is 0 Å². The van der Waals surface area contributed by atoms with Gasteiger partial charge in [0.25, 0.3) is 0 Å². The fourth-order valence-corrected chi connectivity index (χ4v) is 5.12. The van der Waals surface area contributed by atoms with E-state index in [9.17, 15) is 0 Å². The Hall–Kier alpha value is -0.820. The fraction of sp³-hybridized carbons (Fsp3) is 0.684. The second-order valence-corrected chi connectivity index (χ2v) is 7.25. The summed E-state index contributed by atoms with van der Waals surface area (Å²) >= 11 is 0. The first kappa shape index (κ1) is 12.9. The van der Waals surface area contributed by atoms with E-state index in [1.54, 1.807) is 5.56 Å². The molecule has 0 amide bonds. The predicted octanol–water partition coefficient (Wildman–Crippen LogP) is 4.76. The third-order valence-corrected chi connectivity index (χ3v) is 6.21. The lowest BCUT2D eigenvalue weighted by Crippen LogP contribution is -2.40. The van der Waals surface area contributed by atoms with Gasteiger partial charge in [-0.3, -0.25) is 0 Å². The van der Waals surface area contributed by atoms with Gasteiger partial charge in [0.2, 0.25) is 0 Å². The summed E-state index contributed by atoms with van der Waals surface area (Å²) in [5.74, 6) is 0.854. The van der Waals surface area contributed by atoms with Crippen LogP contribution in [-0.2, 0) is 10.2 Å². The van der Waals surface area contributed by atoms with Crippen LogP contribution < -0.4 is 0 Å². The Labute approximate surface area is 122 Å². The van der Waals surface area contributed by atoms with E-state index >= 15 is 0 Å². The zero-order valence-electron chi connectivity index (χ0n) is 12.6. The number of ether oxygens (including phenoxy) is 1. The summed E-state index contributed by atoms with van der Waals surface area (Å²) < 4.78 is 5.81. The Balaban J connectivity index is 1.71. The largest absolute Gasteiger partial charge is 0.370 e. The number of hydrogen-bond donors (Lipinski definition) is 0. The summed E-state index contributed by atoms with van der Waals surface area (Å²) in [7, 11) is 0. The average Bonchev–Trinajstić information content (AvgIpc) is 3.27. The van der Waals surface area contributed by atoms with Crippen molar-refractivity contribution >= 4 is 0 Å². The van der Waals surface area contributed by atoms with Crippen LogP contribution in [0.5, 0.6) is 0 Å². The molecule has 1 saturated heterocycles. The van der Waals surface area contributed by atoms with Crippen molar-refractivity contribution in [2.45, 2.75) is 75.9 Å². The van der Waals surface area contributed by atoms with Gasteiger partial charge in [0, 0.05) is 0 Å². The maximum atomic E-state index is 5.81. The monoisotopic (exact) mass is 270 g/mol. The molecule has 2 aliphatic carbocycles. The van der Waals surface area contributed by atoms with E-state index in [0.29, 0.717) is 17.6 Å². The second-order valence-electron chi connectivity index (χ2n) is 7.25. The summed E-state index contributed by atoms with van der Waals surface area (Å²) in [6, 6.07) is 9.17. The molecule has 3 atom stereocenters. The molecule has 0 spiro atoms. The molecule has 1 aromatic carbocycles. The van der Waals surface area contributed by atoms with Crippen molar-refractivity contribution in [2.24, 2.45) is 5.92 Å². The number of benzene rings is 1. The average molecular weight is 270 g/mol. The van der Waals surface area contributed by atoms with Crippen molar-refractivity contribution in [3.8, 4) is 0 Å². The first-order valence-corrected chi connectivity index (χ1v) is 8.51. The summed E-state index contributed by atoms with van der Waals surface area (Å²) in [4.78, 5) is 0. The maximum Gasteiger partial charge on any atom is 0.0844 e. The summed E-state index contributed by atoms with van der Waals surface area (Å²) in [6.45, 7) is 2.31. The lowest BCUT2D eigenvalue weighted by atomic mass is 9.58. The van der Waals surface area contributed by atoms with Crippen LogP contribution in [0, 0.1) is 12.8 Å². The highest BCUT2D eigenvalue weighted by atomic mass is 16.6. The predicted molar refractivity (Wildman–Crippen MR) is 81.9 cm³/mol. The molecule has 1 heteroatoms. The van der Waals surface area contributed by atoms with Gasteiger partial charge in [0.15, 0.2) is 0 Å². The second kappa shape index (κ2) is 4.87. The number of fused-ring (bicyclic) bond motifs is 1. The van der Waals surface area contributed by atoms with E-state index in [0.717, 1.165) is 5.92 Å². The van der Waals surface area contributed by atoms with Crippen LogP contribution in [0.15, 0.2) is 24.3 Å². The molecular formula is C19H26O. The molecule has 1 nitrogen and oxygen atoms in total. The zero-order valence-corrected chi connectivity index (χ0v) is 12.6. The normalized spacial score (nSPS) is 35.4. The third-order valence-electron chi connectivity index (χ3n) is 6.21. The molecule has 3 aliphatic rings. The van der Waals surface area contributed by atoms with E-state index in [1.807, 2.05) is 0 Å². The van der Waals surface area contributed by atoms with Crippen LogP contribution in [0.1, 0.15) is 62.5 Å². The molecule has 0 radical (unpaired) electrons. The molecule has 0 aromatic heterocycles.